The molecule has 2 aliphatic heterocycles. The number of amides is 2. The number of carbonyl (C=O) groups excluding carboxylic acids is 2. The minimum atomic E-state index is -0.0783. The molecular formula is C62H67Cl4CuI4N19O7P. The van der Waals surface area contributed by atoms with Crippen molar-refractivity contribution in [2.45, 2.75) is 50.9 Å². The molecule has 0 saturated carbocycles. The maximum absolute atomic E-state index is 13.3. The number of aromatic hydroxyl groups is 1. The zero-order valence-electron chi connectivity index (χ0n) is 53.5. The first-order valence-electron chi connectivity index (χ1n) is 27.6. The van der Waals surface area contributed by atoms with Crippen LogP contribution in [-0.4, -0.2) is 157 Å². The van der Waals surface area contributed by atoms with E-state index < -0.39 is 0 Å². The van der Waals surface area contributed by atoms with Gasteiger partial charge in [-0.25, -0.2) is 24.9 Å². The summed E-state index contributed by atoms with van der Waals surface area (Å²) in [5.74, 6) is 2.40. The fourth-order valence-corrected chi connectivity index (χ4v) is 9.97. The van der Waals surface area contributed by atoms with Gasteiger partial charge in [0.25, 0.3) is 11.8 Å². The Morgan fingerprint density at radius 3 is 1.66 bits per heavy atom. The number of carbonyl (C=O) groups is 2. The molecule has 10 rings (SSSR count). The second-order valence-corrected chi connectivity index (χ2v) is 21.5. The van der Waals surface area contributed by atoms with Crippen LogP contribution in [0.2, 0.25) is 20.6 Å². The summed E-state index contributed by atoms with van der Waals surface area (Å²) in [5.41, 5.74) is 11.9. The number of methoxy groups -OCH3 is 4. The summed E-state index contributed by atoms with van der Waals surface area (Å²) in [5, 5.41) is 56.4. The number of alkyl halides is 1. The zero-order chi connectivity index (χ0) is 72.8. The minimum Gasteiger partial charge on any atom is -0.512 e. The number of nitrogens with one attached hydrogen (secondary N) is 3. The summed E-state index contributed by atoms with van der Waals surface area (Å²) >= 11 is 30.8. The molecule has 2 aromatic carbocycles. The molecule has 6 N–H and O–H groups in total. The third-order valence-corrected chi connectivity index (χ3v) is 14.4. The quantitative estimate of drug-likeness (QED) is 0.0111. The predicted molar refractivity (Wildman–Crippen MR) is 415 cm³/mol. The van der Waals surface area contributed by atoms with E-state index >= 15 is 0 Å². The number of nitriles is 2. The Bertz CT molecular complexity index is 3800. The largest absolute Gasteiger partial charge is 1.00 e. The number of hydrogen-bond acceptors (Lipinski definition) is 23. The summed E-state index contributed by atoms with van der Waals surface area (Å²) in [6, 6.07) is 30.4. The van der Waals surface area contributed by atoms with Gasteiger partial charge in [0.05, 0.1) is 84.2 Å². The van der Waals surface area contributed by atoms with E-state index in [1.165, 1.54) is 43.7 Å². The number of halogens is 8. The average Bonchev–Trinajstić information content (AvgIpc) is 1.61. The third-order valence-electron chi connectivity index (χ3n) is 12.4. The van der Waals surface area contributed by atoms with Gasteiger partial charge < -0.3 is 62.1 Å². The predicted octanol–water partition coefficient (Wildman–Crippen LogP) is 14.6. The molecule has 36 heteroatoms. The molecule has 0 bridgehead atoms. The molecule has 26 nitrogen and oxygen atoms in total. The fraction of sp³-hybridized carbons (Fsp3) is 0.258. The molecule has 0 unspecified atom stereocenters. The summed E-state index contributed by atoms with van der Waals surface area (Å²) in [4.78, 5) is 52.3. The van der Waals surface area contributed by atoms with Crippen molar-refractivity contribution in [1.82, 2.24) is 49.7 Å². The Labute approximate surface area is 653 Å². The summed E-state index contributed by atoms with van der Waals surface area (Å²) in [7, 11) is 10.6. The van der Waals surface area contributed by atoms with Crippen molar-refractivity contribution in [3.8, 4) is 46.6 Å². The second-order valence-electron chi connectivity index (χ2n) is 18.4. The molecule has 6 aromatic heterocycles. The van der Waals surface area contributed by atoms with Crippen LogP contribution in [0.4, 0.5) is 11.5 Å². The number of rotatable bonds is 12. The standard InChI is InChI=1S/C21H21N7O2.C14H19N5O.C7H5ClN2O.C6H5ClINO.C6H6ClNO.C5H4ClNO.CH3I.CH4NP.CN.Cu.I2/c1-14-11-16(26-20-19(30-2)15(12-22)7-8-23-20)13-27(14)21(29)17-5-3-4-6-18(17)28-24-9-10-25-28;1-10-8-11(16)9-19(10)14(20)12-4-2-3-5-13(12)18-17-7-6-15;1-11-6-5(4-9)2-3-10-7(6)8;1-10-5-4(8)2-3-9-6(5)7;1-9-5-3-2-4-8-6(5)7;6-5-4(8)2-1-3-7-5;1-2;1-2-3;1-2;;1-2/h3-10,14,16H,11,13H2,1-2H3,(H,23,26);2-7,10-11,15,18H,8-9,16H2,1H3;2-3H,1H3;2-3H,1H3;2-4H,1H3;1-3,8H;1H3;3H,1H3;;;/q;;;;;;;;-1;+1;/b;15-6?,17-7-;;;;;;;;;/t14-,16-;10-,11-;;;;;;;;;/m11........./s1. The molecule has 8 heterocycles. The van der Waals surface area contributed by atoms with Crippen molar-refractivity contribution in [1.29, 1.82) is 21.2 Å². The number of likely N-dealkylation sites (tertiary alicyclic amines) is 2. The molecule has 2 fully saturated rings. The van der Waals surface area contributed by atoms with Crippen LogP contribution in [0.5, 0.6) is 28.7 Å². The van der Waals surface area contributed by atoms with Gasteiger partial charge in [0.15, 0.2) is 55.2 Å². The van der Waals surface area contributed by atoms with Crippen molar-refractivity contribution in [2.24, 2.45) is 15.6 Å². The Balaban J connectivity index is 0.00000120. The second kappa shape index (κ2) is 53.3. The van der Waals surface area contributed by atoms with Crippen LogP contribution in [0.15, 0.2) is 144 Å². The first kappa shape index (κ1) is 91.3. The Kier molecular flexibility index (Phi) is 49.7. The van der Waals surface area contributed by atoms with Gasteiger partial charge in [0.1, 0.15) is 12.1 Å². The summed E-state index contributed by atoms with van der Waals surface area (Å²) in [6.07, 6.45) is 14.9. The number of pyridine rings is 5. The maximum Gasteiger partial charge on any atom is 1.00 e. The van der Waals surface area contributed by atoms with Gasteiger partial charge >= 0.3 is 17.1 Å². The Morgan fingerprint density at radius 1 is 0.694 bits per heavy atom. The average molecular weight is 1930 g/mol. The van der Waals surface area contributed by atoms with E-state index in [0.29, 0.717) is 85.8 Å². The number of anilines is 2. The van der Waals surface area contributed by atoms with Gasteiger partial charge in [-0.05, 0) is 130 Å². The van der Waals surface area contributed by atoms with Crippen molar-refractivity contribution < 1.29 is 50.7 Å². The van der Waals surface area contributed by atoms with E-state index in [1.807, 2.05) is 66.1 Å². The molecular weight excluding hydrogens is 1870 g/mol. The Morgan fingerprint density at radius 2 is 1.18 bits per heavy atom. The van der Waals surface area contributed by atoms with Crippen LogP contribution >= 0.6 is 138 Å². The van der Waals surface area contributed by atoms with E-state index in [2.05, 4.69) is 153 Å². The Hall–Kier alpha value is -6.66. The monoisotopic (exact) mass is 1930 g/mol. The van der Waals surface area contributed by atoms with Gasteiger partial charge in [-0.15, -0.1) is 0 Å². The maximum atomic E-state index is 13.3. The van der Waals surface area contributed by atoms with Gasteiger partial charge in [0.2, 0.25) is 0 Å². The third kappa shape index (κ3) is 30.4. The topological polar surface area (TPSA) is 363 Å². The van der Waals surface area contributed by atoms with E-state index in [9.17, 15) is 14.9 Å². The number of para-hydroxylation sites is 2. The van der Waals surface area contributed by atoms with Gasteiger partial charge in [-0.1, -0.05) is 93.3 Å². The molecule has 8 aromatic rings. The number of ether oxygens (including phenoxy) is 4. The van der Waals surface area contributed by atoms with Crippen LogP contribution in [0, 0.1) is 43.5 Å². The van der Waals surface area contributed by atoms with E-state index in [1.54, 1.807) is 106 Å². The van der Waals surface area contributed by atoms with E-state index in [-0.39, 0.29) is 69.1 Å². The van der Waals surface area contributed by atoms with Crippen molar-refractivity contribution in [2.75, 3.05) is 64.2 Å². The molecule has 0 aliphatic carbocycles. The van der Waals surface area contributed by atoms with Crippen LogP contribution in [0.25, 0.3) is 5.69 Å². The smallest absolute Gasteiger partial charge is 0.512 e. The summed E-state index contributed by atoms with van der Waals surface area (Å²) in [6.45, 7) is 9.86. The number of benzene rings is 2. The van der Waals surface area contributed by atoms with Crippen molar-refractivity contribution >= 4 is 174 Å². The van der Waals surface area contributed by atoms with Crippen LogP contribution in [0.1, 0.15) is 58.5 Å². The normalized spacial score (nSPS) is 13.9. The molecule has 4 atom stereocenters. The number of nitrogens with zero attached hydrogens (tertiary/aromatic N) is 15. The van der Waals surface area contributed by atoms with Gasteiger partial charge in [-0.2, -0.15) is 30.6 Å². The number of aromatic nitrogens is 8. The van der Waals surface area contributed by atoms with Gasteiger partial charge in [-0.3, -0.25) is 19.8 Å². The van der Waals surface area contributed by atoms with Crippen molar-refractivity contribution in [3.05, 3.63) is 187 Å². The van der Waals surface area contributed by atoms with E-state index in [4.69, 9.17) is 98.7 Å². The zero-order valence-corrected chi connectivity index (χ0v) is 67.1. The molecule has 98 heavy (non-hydrogen) atoms. The van der Waals surface area contributed by atoms with E-state index in [0.717, 1.165) is 22.6 Å². The number of hydrazone groups is 1. The van der Waals surface area contributed by atoms with Crippen LogP contribution in [-0.2, 0) is 17.1 Å². The first-order chi connectivity index (χ1) is 46.9. The molecule has 0 radical (unpaired) electrons. The number of hydrogen-bond donors (Lipinski definition) is 5. The molecule has 2 aliphatic rings. The van der Waals surface area contributed by atoms with Gasteiger partial charge in [0, 0.05) is 119 Å². The minimum absolute atomic E-state index is 0. The van der Waals surface area contributed by atoms with Crippen LogP contribution < -0.4 is 35.4 Å². The molecule has 2 saturated heterocycles. The molecule has 0 spiro atoms. The molecule has 524 valence electrons. The number of nitrogens with two attached hydrogens (primary N) is 1. The first-order valence-corrected chi connectivity index (χ1v) is 39.1. The SMILES string of the molecule is CI.CN=P.COc1c(C#N)ccnc1Cl.COc1c(C#N)ccnc1N[C@@H]1C[C@@H](C)N(C(=O)c2ccccc2-n2nccn2)C1.COc1c(I)ccnc1Cl.COc1cccnc1Cl.C[C@@H]1C[C@@H](N)CN1C(=O)c1ccccc1N/N=C\C=N.II.Oc1cccnc1Cl.[C-]#N.[Cu+]. The molecule has 2 amide bonds. The van der Waals surface area contributed by atoms with Crippen LogP contribution in [0.3, 0.4) is 0 Å². The fourth-order valence-electron chi connectivity index (χ4n) is 8.39. The van der Waals surface area contributed by atoms with Crippen molar-refractivity contribution in [3.63, 3.8) is 0 Å². The summed E-state index contributed by atoms with van der Waals surface area (Å²) < 4.78 is 24.3.